The Balaban J connectivity index is 0.000000330. The number of aryl methyl sites for hydroxylation is 2. The molecule has 4 aromatic heterocycles. The fraction of sp³-hybridized carbons (Fsp3) is 0.292. The number of rotatable bonds is 4. The van der Waals surface area contributed by atoms with Crippen molar-refractivity contribution in [3.63, 3.8) is 0 Å². The van der Waals surface area contributed by atoms with Gasteiger partial charge in [-0.2, -0.15) is 5.10 Å². The number of hydrogen-bond acceptors (Lipinski definition) is 6. The molecule has 33 heavy (non-hydrogen) atoms. The normalized spacial score (nSPS) is 13.0. The molecule has 4 heterocycles. The minimum Gasteiger partial charge on any atom is -0.456 e. The molecule has 0 aromatic carbocycles. The fourth-order valence-electron chi connectivity index (χ4n) is 3.65. The van der Waals surface area contributed by atoms with Gasteiger partial charge in [0.05, 0.1) is 18.1 Å². The van der Waals surface area contributed by atoms with Crippen molar-refractivity contribution in [2.75, 3.05) is 5.32 Å². The molecule has 8 nitrogen and oxygen atoms in total. The molecule has 1 aliphatic rings. The minimum absolute atomic E-state index is 0. The van der Waals surface area contributed by atoms with Crippen molar-refractivity contribution >= 4 is 5.82 Å². The van der Waals surface area contributed by atoms with Crippen molar-refractivity contribution in [2.24, 2.45) is 7.05 Å². The second-order valence-corrected chi connectivity index (χ2v) is 7.84. The first kappa shape index (κ1) is 24.8. The molecule has 164 valence electrons. The quantitative estimate of drug-likeness (QED) is 0.361. The fourth-order valence-corrected chi connectivity index (χ4v) is 3.65. The van der Waals surface area contributed by atoms with E-state index in [1.165, 1.54) is 25.7 Å². The third-order valence-electron chi connectivity index (χ3n) is 5.33. The van der Waals surface area contributed by atoms with Gasteiger partial charge in [0.1, 0.15) is 5.82 Å². The number of anilines is 1. The van der Waals surface area contributed by atoms with E-state index in [1.807, 2.05) is 44.6 Å². The number of aromatic nitrogens is 6. The van der Waals surface area contributed by atoms with Crippen molar-refractivity contribution in [1.82, 2.24) is 29.3 Å². The van der Waals surface area contributed by atoms with Crippen LogP contribution in [0.15, 0.2) is 66.2 Å². The van der Waals surface area contributed by atoms with Gasteiger partial charge in [-0.3, -0.25) is 19.0 Å². The summed E-state index contributed by atoms with van der Waals surface area (Å²) in [7, 11) is 1.87. The van der Waals surface area contributed by atoms with Gasteiger partial charge in [-0.1, -0.05) is 12.8 Å². The molecule has 0 aliphatic heterocycles. The third-order valence-corrected chi connectivity index (χ3v) is 5.33. The molecule has 9 heteroatoms. The van der Waals surface area contributed by atoms with Gasteiger partial charge in [-0.25, -0.2) is 4.98 Å². The molecule has 4 aromatic rings. The molecule has 0 atom stereocenters. The summed E-state index contributed by atoms with van der Waals surface area (Å²) >= 11 is 0. The molecular weight excluding hydrogens is 425 g/mol. The van der Waals surface area contributed by atoms with Crippen LogP contribution in [-0.4, -0.2) is 35.3 Å². The average Bonchev–Trinajstić information content (AvgIpc) is 3.48. The van der Waals surface area contributed by atoms with Gasteiger partial charge in [0.15, 0.2) is 0 Å². The Hall–Kier alpha value is -2.81. The van der Waals surface area contributed by atoms with Crippen LogP contribution in [0, 0.1) is 13.1 Å². The molecule has 0 unspecified atom stereocenters. The van der Waals surface area contributed by atoms with Crippen molar-refractivity contribution in [3.8, 4) is 16.8 Å². The minimum atomic E-state index is -0.0778. The Bertz CT molecular complexity index is 1200. The second-order valence-electron chi connectivity index (χ2n) is 7.84. The van der Waals surface area contributed by atoms with E-state index in [-0.39, 0.29) is 35.1 Å². The van der Waals surface area contributed by atoms with Gasteiger partial charge < -0.3 is 10.3 Å². The van der Waals surface area contributed by atoms with Crippen LogP contribution in [-0.2, 0) is 7.05 Å². The molecule has 0 amide bonds. The molecule has 0 bridgehead atoms. The number of pyridine rings is 2. The standard InChI is InChI=1S/C19H21N5O.C5H5N2.Na/c1-23-12-15(10-21-23)14-6-9-19(25)24(13-14)17-7-8-18(20-11-17)22-16-4-2-3-5-16;1-5-4-6-2-3-7-5;/h6-13,16H,2-5H2,1H3,(H,20,22);3-4H,1H3;/q;-1;+1. The van der Waals surface area contributed by atoms with Gasteiger partial charge in [0, 0.05) is 42.7 Å². The van der Waals surface area contributed by atoms with Crippen LogP contribution in [0.1, 0.15) is 31.4 Å². The predicted octanol–water partition coefficient (Wildman–Crippen LogP) is 0.577. The maximum atomic E-state index is 12.3. The van der Waals surface area contributed by atoms with Gasteiger partial charge in [0.2, 0.25) is 0 Å². The predicted molar refractivity (Wildman–Crippen MR) is 124 cm³/mol. The van der Waals surface area contributed by atoms with E-state index in [2.05, 4.69) is 31.6 Å². The summed E-state index contributed by atoms with van der Waals surface area (Å²) in [5.74, 6) is 0.868. The van der Waals surface area contributed by atoms with Crippen LogP contribution in [0.3, 0.4) is 0 Å². The smallest absolute Gasteiger partial charge is 0.456 e. The maximum absolute atomic E-state index is 12.3. The maximum Gasteiger partial charge on any atom is 1.00 e. The van der Waals surface area contributed by atoms with E-state index < -0.39 is 0 Å². The third kappa shape index (κ3) is 6.83. The zero-order chi connectivity index (χ0) is 22.3. The van der Waals surface area contributed by atoms with E-state index in [1.54, 1.807) is 40.1 Å². The topological polar surface area (TPSA) is 90.5 Å². The molecule has 1 saturated carbocycles. The van der Waals surface area contributed by atoms with Crippen molar-refractivity contribution in [3.05, 3.63) is 83.7 Å². The van der Waals surface area contributed by atoms with Crippen LogP contribution in [0.25, 0.3) is 16.8 Å². The van der Waals surface area contributed by atoms with Gasteiger partial charge in [-0.05, 0) is 49.9 Å². The summed E-state index contributed by atoms with van der Waals surface area (Å²) in [5, 5.41) is 7.65. The summed E-state index contributed by atoms with van der Waals surface area (Å²) in [5.41, 5.74) is 3.53. The zero-order valence-electron chi connectivity index (χ0n) is 19.3. The Morgan fingerprint density at radius 2 is 1.82 bits per heavy atom. The molecule has 5 rings (SSSR count). The van der Waals surface area contributed by atoms with Gasteiger partial charge in [-0.15, -0.1) is 12.4 Å². The van der Waals surface area contributed by atoms with Crippen molar-refractivity contribution < 1.29 is 29.6 Å². The van der Waals surface area contributed by atoms with Crippen LogP contribution in [0.2, 0.25) is 0 Å². The Morgan fingerprint density at radius 3 is 2.39 bits per heavy atom. The van der Waals surface area contributed by atoms with E-state index in [4.69, 9.17) is 0 Å². The molecule has 1 aliphatic carbocycles. The first-order valence-electron chi connectivity index (χ1n) is 10.7. The Kier molecular flexibility index (Phi) is 8.94. The van der Waals surface area contributed by atoms with Crippen molar-refractivity contribution in [2.45, 2.75) is 38.6 Å². The summed E-state index contributed by atoms with van der Waals surface area (Å²) in [6.07, 6.45) is 18.1. The van der Waals surface area contributed by atoms with Crippen molar-refractivity contribution in [1.29, 1.82) is 0 Å². The summed E-state index contributed by atoms with van der Waals surface area (Å²) in [6, 6.07) is 7.79. The first-order valence-corrected chi connectivity index (χ1v) is 10.7. The second kappa shape index (κ2) is 11.9. The van der Waals surface area contributed by atoms with E-state index in [0.717, 1.165) is 28.3 Å². The molecule has 0 radical (unpaired) electrons. The summed E-state index contributed by atoms with van der Waals surface area (Å²) in [4.78, 5) is 24.3. The SMILES string of the molecule is Cc1cn[c-]cn1.Cn1cc(-c2ccc(=O)n(-c3ccc(NC4CCCC4)nc3)c2)cn1.[Na+]. The first-order chi connectivity index (χ1) is 15.6. The van der Waals surface area contributed by atoms with E-state index in [0.29, 0.717) is 6.04 Å². The van der Waals surface area contributed by atoms with Gasteiger partial charge >= 0.3 is 29.6 Å². The Morgan fingerprint density at radius 1 is 1.00 bits per heavy atom. The summed E-state index contributed by atoms with van der Waals surface area (Å²) < 4.78 is 3.37. The van der Waals surface area contributed by atoms with Crippen LogP contribution >= 0.6 is 0 Å². The average molecular weight is 452 g/mol. The van der Waals surface area contributed by atoms with Crippen LogP contribution in [0.4, 0.5) is 5.82 Å². The monoisotopic (exact) mass is 451 g/mol. The molecule has 0 spiro atoms. The number of hydrogen-bond donors (Lipinski definition) is 1. The van der Waals surface area contributed by atoms with Crippen LogP contribution in [0.5, 0.6) is 0 Å². The molecular formula is C24H26N7NaO. The van der Waals surface area contributed by atoms with E-state index in [9.17, 15) is 4.79 Å². The largest absolute Gasteiger partial charge is 1.00 e. The molecule has 1 N–H and O–H groups in total. The van der Waals surface area contributed by atoms with Gasteiger partial charge in [0.25, 0.3) is 5.56 Å². The zero-order valence-corrected chi connectivity index (χ0v) is 21.3. The molecule has 0 saturated heterocycles. The van der Waals surface area contributed by atoms with E-state index >= 15 is 0 Å². The summed E-state index contributed by atoms with van der Waals surface area (Å²) in [6.45, 7) is 1.89. The van der Waals surface area contributed by atoms with Crippen LogP contribution < -0.4 is 40.4 Å². The number of nitrogens with one attached hydrogen (secondary N) is 1. The molecule has 1 fully saturated rings. The number of nitrogens with zero attached hydrogens (tertiary/aromatic N) is 6. The Labute approximate surface area is 215 Å².